The highest BCUT2D eigenvalue weighted by Crippen LogP contribution is 2.38. The van der Waals surface area contributed by atoms with Gasteiger partial charge in [-0.1, -0.05) is 78.7 Å². The second-order valence-electron chi connectivity index (χ2n) is 7.51. The maximum Gasteiger partial charge on any atom is 0.133 e. The Hall–Kier alpha value is -1.90. The fourth-order valence-electron chi connectivity index (χ4n) is 4.35. The molecular formula is C25H33NO. The van der Waals surface area contributed by atoms with E-state index in [0.717, 1.165) is 24.0 Å². The summed E-state index contributed by atoms with van der Waals surface area (Å²) in [5.74, 6) is 0. The highest BCUT2D eigenvalue weighted by molar-refractivity contribution is 5.38. The van der Waals surface area contributed by atoms with Crippen molar-refractivity contribution in [1.29, 1.82) is 0 Å². The van der Waals surface area contributed by atoms with Crippen LogP contribution in [-0.4, -0.2) is 12.6 Å². The quantitative estimate of drug-likeness (QED) is 0.587. The summed E-state index contributed by atoms with van der Waals surface area (Å²) in [6.45, 7) is 2.68. The zero-order valence-electron chi connectivity index (χ0n) is 16.6. The molecule has 1 unspecified atom stereocenters. The lowest BCUT2D eigenvalue weighted by Crippen LogP contribution is -2.48. The first-order valence-electron chi connectivity index (χ1n) is 10.5. The summed E-state index contributed by atoms with van der Waals surface area (Å²) in [6.07, 6.45) is 11.0. The summed E-state index contributed by atoms with van der Waals surface area (Å²) in [5, 5.41) is 0. The smallest absolute Gasteiger partial charge is 0.133 e. The SMILES string of the molecule is CCOC(c1ccccc1)(c1ccccc1)C(N)CCC=C1CCCCC1. The normalized spacial score (nSPS) is 16.1. The second kappa shape index (κ2) is 9.87. The van der Waals surface area contributed by atoms with Crippen molar-refractivity contribution in [2.45, 2.75) is 63.5 Å². The Kier molecular flexibility index (Phi) is 7.25. The van der Waals surface area contributed by atoms with E-state index in [1.807, 2.05) is 12.1 Å². The Morgan fingerprint density at radius 1 is 0.926 bits per heavy atom. The summed E-state index contributed by atoms with van der Waals surface area (Å²) in [7, 11) is 0. The predicted octanol–water partition coefficient (Wildman–Crippen LogP) is 5.96. The van der Waals surface area contributed by atoms with E-state index >= 15 is 0 Å². The molecule has 0 radical (unpaired) electrons. The average molecular weight is 364 g/mol. The molecule has 27 heavy (non-hydrogen) atoms. The van der Waals surface area contributed by atoms with Crippen molar-refractivity contribution in [3.63, 3.8) is 0 Å². The van der Waals surface area contributed by atoms with Crippen molar-refractivity contribution in [3.05, 3.63) is 83.4 Å². The lowest BCUT2D eigenvalue weighted by molar-refractivity contribution is -0.0323. The van der Waals surface area contributed by atoms with Crippen LogP contribution in [0.25, 0.3) is 0 Å². The molecule has 0 aliphatic heterocycles. The molecule has 0 saturated heterocycles. The Morgan fingerprint density at radius 3 is 2.00 bits per heavy atom. The van der Waals surface area contributed by atoms with Gasteiger partial charge in [-0.2, -0.15) is 0 Å². The van der Waals surface area contributed by atoms with Crippen molar-refractivity contribution < 1.29 is 4.74 Å². The van der Waals surface area contributed by atoms with Crippen LogP contribution in [0, 0.1) is 0 Å². The van der Waals surface area contributed by atoms with Crippen LogP contribution >= 0.6 is 0 Å². The molecule has 1 fully saturated rings. The van der Waals surface area contributed by atoms with Gasteiger partial charge in [-0.05, 0) is 56.6 Å². The van der Waals surface area contributed by atoms with E-state index in [4.69, 9.17) is 10.5 Å². The Labute approximate surface area is 164 Å². The van der Waals surface area contributed by atoms with Crippen LogP contribution in [0.2, 0.25) is 0 Å². The molecule has 1 aliphatic carbocycles. The fourth-order valence-corrected chi connectivity index (χ4v) is 4.35. The number of rotatable bonds is 8. The number of allylic oxidation sites excluding steroid dienone is 2. The van der Waals surface area contributed by atoms with E-state index in [9.17, 15) is 0 Å². The summed E-state index contributed by atoms with van der Waals surface area (Å²) < 4.78 is 6.46. The molecule has 2 aromatic carbocycles. The third-order valence-corrected chi connectivity index (χ3v) is 5.71. The van der Waals surface area contributed by atoms with Crippen LogP contribution < -0.4 is 5.73 Å². The van der Waals surface area contributed by atoms with Gasteiger partial charge in [0.15, 0.2) is 0 Å². The Balaban J connectivity index is 1.88. The fraction of sp³-hybridized carbons (Fsp3) is 0.440. The molecule has 2 heteroatoms. The van der Waals surface area contributed by atoms with Gasteiger partial charge >= 0.3 is 0 Å². The van der Waals surface area contributed by atoms with Crippen LogP contribution in [0.5, 0.6) is 0 Å². The molecule has 0 heterocycles. The van der Waals surface area contributed by atoms with E-state index in [2.05, 4.69) is 61.5 Å². The van der Waals surface area contributed by atoms with Crippen molar-refractivity contribution in [1.82, 2.24) is 0 Å². The van der Waals surface area contributed by atoms with Crippen molar-refractivity contribution in [2.24, 2.45) is 5.73 Å². The lowest BCUT2D eigenvalue weighted by Gasteiger charge is -2.40. The van der Waals surface area contributed by atoms with Gasteiger partial charge in [0.1, 0.15) is 5.60 Å². The molecule has 1 atom stereocenters. The highest BCUT2D eigenvalue weighted by atomic mass is 16.5. The van der Waals surface area contributed by atoms with Gasteiger partial charge in [0.25, 0.3) is 0 Å². The molecule has 144 valence electrons. The average Bonchev–Trinajstić information content (AvgIpc) is 2.74. The molecule has 0 amide bonds. The minimum absolute atomic E-state index is 0.109. The Bertz CT molecular complexity index is 660. The molecule has 1 aliphatic rings. The van der Waals surface area contributed by atoms with Crippen molar-refractivity contribution in [3.8, 4) is 0 Å². The van der Waals surface area contributed by atoms with Gasteiger partial charge in [0, 0.05) is 12.6 Å². The third kappa shape index (κ3) is 4.69. The largest absolute Gasteiger partial charge is 0.364 e. The monoisotopic (exact) mass is 363 g/mol. The van der Waals surface area contributed by atoms with E-state index in [0.29, 0.717) is 6.61 Å². The molecule has 2 N–H and O–H groups in total. The van der Waals surface area contributed by atoms with Crippen LogP contribution in [0.15, 0.2) is 72.3 Å². The summed E-state index contributed by atoms with van der Waals surface area (Å²) in [4.78, 5) is 0. The van der Waals surface area contributed by atoms with Gasteiger partial charge in [-0.15, -0.1) is 0 Å². The maximum atomic E-state index is 6.86. The second-order valence-corrected chi connectivity index (χ2v) is 7.51. The van der Waals surface area contributed by atoms with Crippen molar-refractivity contribution >= 4 is 0 Å². The minimum Gasteiger partial charge on any atom is -0.364 e. The molecule has 0 bridgehead atoms. The van der Waals surface area contributed by atoms with Gasteiger partial charge in [0.05, 0.1) is 0 Å². The standard InChI is InChI=1S/C25H33NO/c1-2-27-25(22-16-8-4-9-17-22,23-18-10-5-11-19-23)24(26)20-12-15-21-13-6-3-7-14-21/h4-5,8-11,15-19,24H,2-3,6-7,12-14,20,26H2,1H3. The molecule has 1 saturated carbocycles. The van der Waals surface area contributed by atoms with Gasteiger partial charge in [-0.3, -0.25) is 0 Å². The first kappa shape index (κ1) is 19.9. The first-order chi connectivity index (χ1) is 13.3. The van der Waals surface area contributed by atoms with Crippen LogP contribution in [0.3, 0.4) is 0 Å². The van der Waals surface area contributed by atoms with Crippen molar-refractivity contribution in [2.75, 3.05) is 6.61 Å². The molecule has 0 spiro atoms. The predicted molar refractivity (Wildman–Crippen MR) is 114 cm³/mol. The Morgan fingerprint density at radius 2 is 1.48 bits per heavy atom. The first-order valence-corrected chi connectivity index (χ1v) is 10.5. The van der Waals surface area contributed by atoms with Crippen LogP contribution in [0.1, 0.15) is 63.0 Å². The number of benzene rings is 2. The maximum absolute atomic E-state index is 6.86. The van der Waals surface area contributed by atoms with Gasteiger partial charge < -0.3 is 10.5 Å². The van der Waals surface area contributed by atoms with E-state index in [-0.39, 0.29) is 6.04 Å². The number of hydrogen-bond acceptors (Lipinski definition) is 2. The van der Waals surface area contributed by atoms with Crippen LogP contribution in [-0.2, 0) is 10.3 Å². The van der Waals surface area contributed by atoms with Gasteiger partial charge in [0.2, 0.25) is 0 Å². The van der Waals surface area contributed by atoms with Gasteiger partial charge in [-0.25, -0.2) is 0 Å². The number of hydrogen-bond donors (Lipinski definition) is 1. The van der Waals surface area contributed by atoms with E-state index in [1.54, 1.807) is 5.57 Å². The molecule has 2 nitrogen and oxygen atoms in total. The van der Waals surface area contributed by atoms with E-state index < -0.39 is 5.60 Å². The topological polar surface area (TPSA) is 35.2 Å². The summed E-state index contributed by atoms with van der Waals surface area (Å²) in [6, 6.07) is 20.8. The summed E-state index contributed by atoms with van der Waals surface area (Å²) in [5.41, 5.74) is 10.1. The molecule has 0 aromatic heterocycles. The molecular weight excluding hydrogens is 330 g/mol. The number of nitrogens with two attached hydrogens (primary N) is 1. The summed E-state index contributed by atoms with van der Waals surface area (Å²) >= 11 is 0. The highest BCUT2D eigenvalue weighted by Gasteiger charge is 2.40. The molecule has 2 aromatic rings. The lowest BCUT2D eigenvalue weighted by atomic mass is 9.78. The number of ether oxygens (including phenoxy) is 1. The zero-order chi connectivity index (χ0) is 19.0. The van der Waals surface area contributed by atoms with Crippen LogP contribution in [0.4, 0.5) is 0 Å². The van der Waals surface area contributed by atoms with E-state index in [1.165, 1.54) is 32.1 Å². The third-order valence-electron chi connectivity index (χ3n) is 5.71. The minimum atomic E-state index is -0.609. The zero-order valence-corrected chi connectivity index (χ0v) is 16.6. The molecule has 3 rings (SSSR count).